The number of nitrogens with one attached hydrogen (secondary N) is 1. The number of ether oxygens (including phenoxy) is 1. The summed E-state index contributed by atoms with van der Waals surface area (Å²) in [6.45, 7) is 3.97. The maximum Gasteiger partial charge on any atom is 0.255 e. The smallest absolute Gasteiger partial charge is 0.255 e. The summed E-state index contributed by atoms with van der Waals surface area (Å²) < 4.78 is 33.6. The number of nitrogens with two attached hydrogens (primary N) is 1. The third-order valence-electron chi connectivity index (χ3n) is 4.44. The number of aryl methyl sites for hydroxylation is 2. The van der Waals surface area contributed by atoms with Crippen LogP contribution in [0.2, 0.25) is 5.02 Å². The van der Waals surface area contributed by atoms with E-state index in [0.29, 0.717) is 22.1 Å². The molecular weight excluding hydrogens is 430 g/mol. The molecule has 10 heteroatoms. The second kappa shape index (κ2) is 8.86. The number of rotatable bonds is 7. The lowest BCUT2D eigenvalue weighted by Gasteiger charge is -2.12. The number of nitrogens with zero attached hydrogens (tertiary/aromatic N) is 1. The van der Waals surface area contributed by atoms with Gasteiger partial charge in [0.15, 0.2) is 0 Å². The summed E-state index contributed by atoms with van der Waals surface area (Å²) in [6, 6.07) is 10.7. The van der Waals surface area contributed by atoms with Gasteiger partial charge in [-0.05, 0) is 49.7 Å². The van der Waals surface area contributed by atoms with Crippen LogP contribution in [0.5, 0.6) is 5.75 Å². The highest BCUT2D eigenvalue weighted by Crippen LogP contribution is 2.25. The lowest BCUT2D eigenvalue weighted by molar-refractivity contribution is 0.0946. The van der Waals surface area contributed by atoms with E-state index < -0.39 is 10.0 Å². The molecule has 30 heavy (non-hydrogen) atoms. The first-order valence-electron chi connectivity index (χ1n) is 8.89. The van der Waals surface area contributed by atoms with Crippen LogP contribution >= 0.6 is 11.6 Å². The molecular formula is C20H20ClN3O5S. The van der Waals surface area contributed by atoms with Crippen molar-refractivity contribution >= 4 is 27.5 Å². The Labute approximate surface area is 179 Å². The van der Waals surface area contributed by atoms with Crippen LogP contribution in [0.4, 0.5) is 0 Å². The fourth-order valence-electron chi connectivity index (χ4n) is 2.74. The largest absolute Gasteiger partial charge is 0.488 e. The van der Waals surface area contributed by atoms with Gasteiger partial charge in [-0.3, -0.25) is 4.79 Å². The topological polar surface area (TPSA) is 125 Å². The molecule has 2 aromatic carbocycles. The minimum Gasteiger partial charge on any atom is -0.488 e. The molecule has 158 valence electrons. The van der Waals surface area contributed by atoms with Crippen LogP contribution in [0.1, 0.15) is 32.9 Å². The Morgan fingerprint density at radius 1 is 1.20 bits per heavy atom. The molecule has 1 aromatic heterocycles. The summed E-state index contributed by atoms with van der Waals surface area (Å²) in [5, 5.41) is 12.1. The van der Waals surface area contributed by atoms with Crippen LogP contribution in [0, 0.1) is 13.8 Å². The van der Waals surface area contributed by atoms with Crippen molar-refractivity contribution < 1.29 is 22.5 Å². The number of carbonyl (C=O) groups is 1. The first-order valence-corrected chi connectivity index (χ1v) is 10.8. The molecule has 3 aromatic rings. The summed E-state index contributed by atoms with van der Waals surface area (Å²) in [7, 11) is -3.77. The van der Waals surface area contributed by atoms with Crippen molar-refractivity contribution in [3.63, 3.8) is 0 Å². The van der Waals surface area contributed by atoms with Crippen LogP contribution in [0.15, 0.2) is 51.9 Å². The van der Waals surface area contributed by atoms with Crippen LogP contribution in [-0.2, 0) is 23.2 Å². The molecule has 0 aliphatic heterocycles. The van der Waals surface area contributed by atoms with E-state index in [1.165, 1.54) is 18.2 Å². The van der Waals surface area contributed by atoms with Gasteiger partial charge < -0.3 is 14.6 Å². The Hall–Kier alpha value is -2.88. The molecule has 0 saturated carbocycles. The van der Waals surface area contributed by atoms with Gasteiger partial charge >= 0.3 is 0 Å². The van der Waals surface area contributed by atoms with E-state index in [1.807, 2.05) is 6.92 Å². The van der Waals surface area contributed by atoms with Gasteiger partial charge in [-0.15, -0.1) is 0 Å². The molecule has 8 nitrogen and oxygen atoms in total. The first kappa shape index (κ1) is 21.8. The monoisotopic (exact) mass is 449 g/mol. The number of primary sulfonamides is 1. The van der Waals surface area contributed by atoms with Crippen molar-refractivity contribution in [1.29, 1.82) is 0 Å². The maximum absolute atomic E-state index is 12.7. The summed E-state index contributed by atoms with van der Waals surface area (Å²) in [5.41, 5.74) is 2.51. The van der Waals surface area contributed by atoms with Gasteiger partial charge in [-0.25, -0.2) is 13.6 Å². The SMILES string of the molecule is Cc1noc(C)c1COc1ccc(Cl)cc1C(=O)NCc1ccc(S(N)(=O)=O)cc1. The summed E-state index contributed by atoms with van der Waals surface area (Å²) in [5.74, 6) is 0.624. The Morgan fingerprint density at radius 2 is 1.90 bits per heavy atom. The van der Waals surface area contributed by atoms with E-state index >= 15 is 0 Å². The average molecular weight is 450 g/mol. The predicted molar refractivity (Wildman–Crippen MR) is 111 cm³/mol. The number of hydrogen-bond donors (Lipinski definition) is 2. The van der Waals surface area contributed by atoms with E-state index in [1.54, 1.807) is 31.2 Å². The molecule has 0 aliphatic rings. The van der Waals surface area contributed by atoms with Crippen molar-refractivity contribution in [2.24, 2.45) is 5.14 Å². The Bertz CT molecular complexity index is 1150. The number of amides is 1. The zero-order chi connectivity index (χ0) is 21.9. The summed E-state index contributed by atoms with van der Waals surface area (Å²) in [6.07, 6.45) is 0. The van der Waals surface area contributed by atoms with E-state index in [2.05, 4.69) is 10.5 Å². The fraction of sp³-hybridized carbons (Fsp3) is 0.200. The Morgan fingerprint density at radius 3 is 2.50 bits per heavy atom. The molecule has 3 rings (SSSR count). The van der Waals surface area contributed by atoms with E-state index in [0.717, 1.165) is 11.3 Å². The minimum atomic E-state index is -3.77. The molecule has 0 bridgehead atoms. The Balaban J connectivity index is 1.71. The lowest BCUT2D eigenvalue weighted by atomic mass is 10.1. The van der Waals surface area contributed by atoms with Crippen LogP contribution in [0.25, 0.3) is 0 Å². The molecule has 1 heterocycles. The molecule has 1 amide bonds. The van der Waals surface area contributed by atoms with Crippen LogP contribution in [0.3, 0.4) is 0 Å². The van der Waals surface area contributed by atoms with Crippen molar-refractivity contribution in [1.82, 2.24) is 10.5 Å². The number of halogens is 1. The van der Waals surface area contributed by atoms with Crippen molar-refractivity contribution in [3.8, 4) is 5.75 Å². The van der Waals surface area contributed by atoms with Gasteiger partial charge in [0.25, 0.3) is 5.91 Å². The van der Waals surface area contributed by atoms with Gasteiger partial charge in [0.05, 0.1) is 21.7 Å². The molecule has 0 unspecified atom stereocenters. The molecule has 0 radical (unpaired) electrons. The third kappa shape index (κ3) is 5.18. The van der Waals surface area contributed by atoms with E-state index in [-0.39, 0.29) is 29.5 Å². The summed E-state index contributed by atoms with van der Waals surface area (Å²) >= 11 is 6.06. The first-order chi connectivity index (χ1) is 14.1. The molecule has 0 fully saturated rings. The van der Waals surface area contributed by atoms with Gasteiger partial charge in [0, 0.05) is 11.6 Å². The van der Waals surface area contributed by atoms with Gasteiger partial charge in [0.1, 0.15) is 18.1 Å². The number of benzene rings is 2. The fourth-order valence-corrected chi connectivity index (χ4v) is 3.43. The number of hydrogen-bond acceptors (Lipinski definition) is 6. The van der Waals surface area contributed by atoms with Gasteiger partial charge in [-0.1, -0.05) is 28.9 Å². The van der Waals surface area contributed by atoms with Crippen LogP contribution < -0.4 is 15.2 Å². The normalized spacial score (nSPS) is 11.3. The molecule has 0 atom stereocenters. The highest BCUT2D eigenvalue weighted by atomic mass is 35.5. The lowest BCUT2D eigenvalue weighted by Crippen LogP contribution is -2.23. The highest BCUT2D eigenvalue weighted by Gasteiger charge is 2.16. The average Bonchev–Trinajstić information content (AvgIpc) is 3.02. The Kier molecular flexibility index (Phi) is 6.45. The molecule has 3 N–H and O–H groups in total. The zero-order valence-electron chi connectivity index (χ0n) is 16.3. The van der Waals surface area contributed by atoms with Crippen molar-refractivity contribution in [3.05, 3.63) is 75.6 Å². The number of carbonyl (C=O) groups excluding carboxylic acids is 1. The van der Waals surface area contributed by atoms with Crippen molar-refractivity contribution in [2.45, 2.75) is 31.9 Å². The second-order valence-electron chi connectivity index (χ2n) is 6.60. The molecule has 0 saturated heterocycles. The molecule has 0 spiro atoms. The quantitative estimate of drug-likeness (QED) is 0.571. The standard InChI is InChI=1S/C20H20ClN3O5S/c1-12-18(13(2)29-24-12)11-28-19-8-5-15(21)9-17(19)20(25)23-10-14-3-6-16(7-4-14)30(22,26)27/h3-9H,10-11H2,1-2H3,(H,23,25)(H2,22,26,27). The van der Waals surface area contributed by atoms with Crippen LogP contribution in [-0.4, -0.2) is 19.5 Å². The zero-order valence-corrected chi connectivity index (χ0v) is 17.9. The number of sulfonamides is 1. The van der Waals surface area contributed by atoms with Gasteiger partial charge in [0.2, 0.25) is 10.0 Å². The number of aromatic nitrogens is 1. The van der Waals surface area contributed by atoms with Crippen molar-refractivity contribution in [2.75, 3.05) is 0 Å². The molecule has 0 aliphatic carbocycles. The third-order valence-corrected chi connectivity index (χ3v) is 5.61. The van der Waals surface area contributed by atoms with E-state index in [9.17, 15) is 13.2 Å². The van der Waals surface area contributed by atoms with E-state index in [4.69, 9.17) is 26.0 Å². The highest BCUT2D eigenvalue weighted by molar-refractivity contribution is 7.89. The summed E-state index contributed by atoms with van der Waals surface area (Å²) in [4.78, 5) is 12.7. The maximum atomic E-state index is 12.7. The predicted octanol–water partition coefficient (Wildman–Crippen LogP) is 3.10. The minimum absolute atomic E-state index is 0.00225. The van der Waals surface area contributed by atoms with Gasteiger partial charge in [-0.2, -0.15) is 0 Å². The second-order valence-corrected chi connectivity index (χ2v) is 8.60.